The van der Waals surface area contributed by atoms with E-state index in [1.165, 1.54) is 0 Å². The fourth-order valence-corrected chi connectivity index (χ4v) is 1.78. The van der Waals surface area contributed by atoms with Gasteiger partial charge in [0.05, 0.1) is 0 Å². The van der Waals surface area contributed by atoms with E-state index in [9.17, 15) is 4.57 Å². The molecule has 0 unspecified atom stereocenters. The van der Waals surface area contributed by atoms with Crippen molar-refractivity contribution in [2.75, 3.05) is 13.2 Å². The average Bonchev–Trinajstić information content (AvgIpc) is 2.23. The molecule has 0 N–H and O–H groups in total. The Hall–Kier alpha value is -0.960. The van der Waals surface area contributed by atoms with Crippen LogP contribution in [0.2, 0.25) is 0 Å². The van der Waals surface area contributed by atoms with Crippen molar-refractivity contribution >= 4 is 8.25 Å². The third-order valence-electron chi connectivity index (χ3n) is 1.78. The van der Waals surface area contributed by atoms with Gasteiger partial charge in [-0.25, -0.2) is 0 Å². The lowest BCUT2D eigenvalue weighted by Crippen LogP contribution is -2.29. The molecule has 4 nitrogen and oxygen atoms in total. The van der Waals surface area contributed by atoms with Crippen LogP contribution < -0.4 is 4.74 Å². The summed E-state index contributed by atoms with van der Waals surface area (Å²) in [6.45, 7) is 0.619. The lowest BCUT2D eigenvalue weighted by atomic mass is 10.3. The topological polar surface area (TPSA) is 44.8 Å². The van der Waals surface area contributed by atoms with Gasteiger partial charge in [-0.2, -0.15) is 0 Å². The molecule has 1 aromatic carbocycles. The minimum absolute atomic E-state index is 0.176. The third kappa shape index (κ3) is 2.51. The molecule has 1 fully saturated rings. The van der Waals surface area contributed by atoms with Crippen LogP contribution in [0.4, 0.5) is 0 Å². The quantitative estimate of drug-likeness (QED) is 0.706. The molecule has 14 heavy (non-hydrogen) atoms. The summed E-state index contributed by atoms with van der Waals surface area (Å²) >= 11 is 0. The standard InChI is InChI=1S/C9H10O4P/c10-14-11-6-9(7-12-14)13-8-4-2-1-3-5-8/h1-5,9H,6-7H2/q+1. The van der Waals surface area contributed by atoms with Gasteiger partial charge < -0.3 is 4.74 Å². The van der Waals surface area contributed by atoms with Gasteiger partial charge in [-0.05, 0) is 12.1 Å². The molecule has 1 aromatic rings. The Morgan fingerprint density at radius 2 is 1.86 bits per heavy atom. The van der Waals surface area contributed by atoms with Gasteiger partial charge in [-0.3, -0.25) is 0 Å². The summed E-state index contributed by atoms with van der Waals surface area (Å²) in [5.41, 5.74) is 0. The molecule has 0 aliphatic carbocycles. The summed E-state index contributed by atoms with van der Waals surface area (Å²) in [6.07, 6.45) is -0.176. The zero-order valence-corrected chi connectivity index (χ0v) is 8.35. The van der Waals surface area contributed by atoms with Crippen molar-refractivity contribution < 1.29 is 18.3 Å². The number of hydrogen-bond donors (Lipinski definition) is 0. The van der Waals surface area contributed by atoms with Crippen molar-refractivity contribution in [1.29, 1.82) is 0 Å². The van der Waals surface area contributed by atoms with E-state index in [0.29, 0.717) is 13.2 Å². The van der Waals surface area contributed by atoms with Crippen molar-refractivity contribution in [1.82, 2.24) is 0 Å². The first kappa shape index (κ1) is 9.59. The van der Waals surface area contributed by atoms with Gasteiger partial charge >= 0.3 is 8.25 Å². The molecular weight excluding hydrogens is 203 g/mol. The molecule has 0 aromatic heterocycles. The van der Waals surface area contributed by atoms with E-state index < -0.39 is 8.25 Å². The Morgan fingerprint density at radius 3 is 2.50 bits per heavy atom. The highest BCUT2D eigenvalue weighted by atomic mass is 31.1. The van der Waals surface area contributed by atoms with E-state index >= 15 is 0 Å². The third-order valence-corrected chi connectivity index (χ3v) is 2.50. The van der Waals surface area contributed by atoms with Crippen LogP contribution in [0.3, 0.4) is 0 Å². The van der Waals surface area contributed by atoms with Crippen molar-refractivity contribution in [2.24, 2.45) is 0 Å². The van der Waals surface area contributed by atoms with E-state index in [4.69, 9.17) is 13.8 Å². The molecular formula is C9H10O4P+. The molecule has 0 radical (unpaired) electrons. The fraction of sp³-hybridized carbons (Fsp3) is 0.333. The molecule has 1 heterocycles. The second-order valence-corrected chi connectivity index (χ2v) is 3.83. The van der Waals surface area contributed by atoms with Crippen molar-refractivity contribution in [3.05, 3.63) is 30.3 Å². The van der Waals surface area contributed by atoms with Crippen LogP contribution in [0.25, 0.3) is 0 Å². The summed E-state index contributed by atoms with van der Waals surface area (Å²) in [7, 11) is -1.92. The molecule has 0 bridgehead atoms. The zero-order chi connectivity index (χ0) is 9.80. The van der Waals surface area contributed by atoms with Gasteiger partial charge in [0.1, 0.15) is 19.0 Å². The van der Waals surface area contributed by atoms with Crippen molar-refractivity contribution in [3.8, 4) is 5.75 Å². The van der Waals surface area contributed by atoms with E-state index in [1.807, 2.05) is 30.3 Å². The fourth-order valence-electron chi connectivity index (χ4n) is 1.13. The predicted molar refractivity (Wildman–Crippen MR) is 50.4 cm³/mol. The maximum Gasteiger partial charge on any atom is 0.697 e. The minimum Gasteiger partial charge on any atom is -0.485 e. The largest absolute Gasteiger partial charge is 0.697 e. The maximum atomic E-state index is 10.7. The van der Waals surface area contributed by atoms with Crippen molar-refractivity contribution in [3.63, 3.8) is 0 Å². The number of para-hydroxylation sites is 1. The van der Waals surface area contributed by atoms with Crippen LogP contribution in [-0.2, 0) is 13.6 Å². The smallest absolute Gasteiger partial charge is 0.485 e. The molecule has 1 saturated heterocycles. The Bertz CT molecular complexity index is 304. The predicted octanol–water partition coefficient (Wildman–Crippen LogP) is 2.14. The highest BCUT2D eigenvalue weighted by Crippen LogP contribution is 2.29. The van der Waals surface area contributed by atoms with Crippen LogP contribution in [-0.4, -0.2) is 19.3 Å². The number of rotatable bonds is 2. The highest BCUT2D eigenvalue weighted by molar-refractivity contribution is 7.33. The molecule has 2 rings (SSSR count). The van der Waals surface area contributed by atoms with Crippen LogP contribution in [0.5, 0.6) is 5.75 Å². The molecule has 0 saturated carbocycles. The summed E-state index contributed by atoms with van der Waals surface area (Å²) in [5.74, 6) is 0.766. The minimum atomic E-state index is -1.92. The molecule has 5 heteroatoms. The Balaban J connectivity index is 1.89. The zero-order valence-electron chi connectivity index (χ0n) is 7.46. The number of benzene rings is 1. The highest BCUT2D eigenvalue weighted by Gasteiger charge is 2.32. The monoisotopic (exact) mass is 213 g/mol. The van der Waals surface area contributed by atoms with Gasteiger partial charge in [0, 0.05) is 4.57 Å². The van der Waals surface area contributed by atoms with E-state index in [0.717, 1.165) is 5.75 Å². The van der Waals surface area contributed by atoms with Gasteiger partial charge in [-0.1, -0.05) is 18.2 Å². The normalized spacial score (nSPS) is 24.6. The van der Waals surface area contributed by atoms with E-state index in [1.54, 1.807) is 0 Å². The molecule has 0 atom stereocenters. The molecule has 1 aliphatic rings. The molecule has 0 amide bonds. The van der Waals surface area contributed by atoms with E-state index in [-0.39, 0.29) is 6.10 Å². The first-order valence-corrected chi connectivity index (χ1v) is 5.39. The van der Waals surface area contributed by atoms with Gasteiger partial charge in [-0.15, -0.1) is 9.05 Å². The summed E-state index contributed by atoms with van der Waals surface area (Å²) in [6, 6.07) is 9.40. The summed E-state index contributed by atoms with van der Waals surface area (Å²) in [5, 5.41) is 0. The maximum absolute atomic E-state index is 10.7. The van der Waals surface area contributed by atoms with Gasteiger partial charge in [0.2, 0.25) is 0 Å². The lowest BCUT2D eigenvalue weighted by molar-refractivity contribution is 0.0398. The molecule has 74 valence electrons. The van der Waals surface area contributed by atoms with Crippen molar-refractivity contribution in [2.45, 2.75) is 6.10 Å². The number of ether oxygens (including phenoxy) is 1. The second kappa shape index (κ2) is 4.51. The summed E-state index contributed by atoms with van der Waals surface area (Å²) in [4.78, 5) is 0. The first-order valence-electron chi connectivity index (χ1n) is 4.29. The summed E-state index contributed by atoms with van der Waals surface area (Å²) < 4.78 is 25.9. The van der Waals surface area contributed by atoms with Crippen LogP contribution >= 0.6 is 8.25 Å². The van der Waals surface area contributed by atoms with E-state index in [2.05, 4.69) is 0 Å². The Labute approximate surface area is 82.7 Å². The Morgan fingerprint density at radius 1 is 1.21 bits per heavy atom. The van der Waals surface area contributed by atoms with Gasteiger partial charge in [0.25, 0.3) is 0 Å². The SMILES string of the molecule is O=[P+]1OCC(Oc2ccccc2)CO1. The lowest BCUT2D eigenvalue weighted by Gasteiger charge is -2.16. The van der Waals surface area contributed by atoms with Crippen LogP contribution in [0, 0.1) is 0 Å². The average molecular weight is 213 g/mol. The number of hydrogen-bond acceptors (Lipinski definition) is 4. The van der Waals surface area contributed by atoms with Crippen LogP contribution in [0.15, 0.2) is 30.3 Å². The molecule has 1 aliphatic heterocycles. The second-order valence-electron chi connectivity index (χ2n) is 2.87. The molecule has 0 spiro atoms. The van der Waals surface area contributed by atoms with Crippen LogP contribution in [0.1, 0.15) is 0 Å². The first-order chi connectivity index (χ1) is 6.84. The Kier molecular flexibility index (Phi) is 3.09. The van der Waals surface area contributed by atoms with Gasteiger partial charge in [0.15, 0.2) is 6.10 Å².